The van der Waals surface area contributed by atoms with Crippen molar-refractivity contribution in [2.45, 2.75) is 68.2 Å². The summed E-state index contributed by atoms with van der Waals surface area (Å²) in [5.41, 5.74) is 1.29. The van der Waals surface area contributed by atoms with Crippen LogP contribution in [0.5, 0.6) is 17.5 Å². The van der Waals surface area contributed by atoms with E-state index in [2.05, 4.69) is 9.97 Å². The highest BCUT2D eigenvalue weighted by Gasteiger charge is 2.53. The van der Waals surface area contributed by atoms with Crippen LogP contribution in [0.1, 0.15) is 27.7 Å². The average molecular weight is 746 g/mol. The Labute approximate surface area is 305 Å². The fourth-order valence-electron chi connectivity index (χ4n) is 5.63. The molecule has 2 aliphatic heterocycles. The zero-order valence-corrected chi connectivity index (χ0v) is 29.4. The van der Waals surface area contributed by atoms with Crippen molar-refractivity contribution in [3.05, 3.63) is 82.9 Å². The van der Waals surface area contributed by atoms with E-state index in [1.807, 2.05) is 30.3 Å². The van der Waals surface area contributed by atoms with E-state index in [1.54, 1.807) is 24.3 Å². The van der Waals surface area contributed by atoms with Crippen molar-refractivity contribution in [3.63, 3.8) is 0 Å². The van der Waals surface area contributed by atoms with Crippen LogP contribution in [0.15, 0.2) is 82.6 Å². The van der Waals surface area contributed by atoms with Crippen LogP contribution in [0, 0.1) is 10.1 Å². The van der Waals surface area contributed by atoms with Gasteiger partial charge in [-0.3, -0.25) is 29.3 Å². The van der Waals surface area contributed by atoms with E-state index < -0.39 is 66.1 Å². The van der Waals surface area contributed by atoms with Gasteiger partial charge in [-0.1, -0.05) is 36.0 Å². The van der Waals surface area contributed by atoms with Gasteiger partial charge in [-0.25, -0.2) is 0 Å². The molecule has 17 heteroatoms. The number of benzene rings is 3. The summed E-state index contributed by atoms with van der Waals surface area (Å²) in [6.45, 7) is 3.98. The maximum absolute atomic E-state index is 12.4. The van der Waals surface area contributed by atoms with E-state index in [9.17, 15) is 29.3 Å². The Morgan fingerprint density at radius 3 is 2.06 bits per heavy atom. The Morgan fingerprint density at radius 1 is 0.736 bits per heavy atom. The lowest BCUT2D eigenvalue weighted by Crippen LogP contribution is -2.63. The van der Waals surface area contributed by atoms with E-state index in [-0.39, 0.29) is 17.4 Å². The van der Waals surface area contributed by atoms with Gasteiger partial charge in [0.15, 0.2) is 12.2 Å². The first-order chi connectivity index (χ1) is 25.3. The van der Waals surface area contributed by atoms with E-state index in [1.165, 1.54) is 30.0 Å². The van der Waals surface area contributed by atoms with Gasteiger partial charge in [0, 0.05) is 51.0 Å². The predicted octanol–water partition coefficient (Wildman–Crippen LogP) is 5.44. The van der Waals surface area contributed by atoms with Gasteiger partial charge >= 0.3 is 29.9 Å². The molecule has 0 bridgehead atoms. The van der Waals surface area contributed by atoms with E-state index in [4.69, 9.17) is 33.2 Å². The number of carbonyl (C=O) groups is 4. The molecule has 0 radical (unpaired) electrons. The summed E-state index contributed by atoms with van der Waals surface area (Å²) < 4.78 is 40.0. The fraction of sp³-hybridized carbons (Fsp3) is 0.278. The number of non-ortho nitro benzene ring substituents is 1. The molecule has 53 heavy (non-hydrogen) atoms. The number of hydrogen-bond donors (Lipinski definition) is 0. The second kappa shape index (κ2) is 15.7. The predicted molar refractivity (Wildman–Crippen MR) is 183 cm³/mol. The highest BCUT2D eigenvalue weighted by atomic mass is 32.2. The number of fused-ring (bicyclic) bond motifs is 2. The number of aromatic nitrogens is 2. The maximum atomic E-state index is 12.4. The van der Waals surface area contributed by atoms with Gasteiger partial charge < -0.3 is 33.2 Å². The van der Waals surface area contributed by atoms with Crippen LogP contribution in [-0.4, -0.2) is 76.1 Å². The zero-order valence-electron chi connectivity index (χ0n) is 28.6. The smallest absolute Gasteiger partial charge is 0.320 e. The molecule has 0 saturated carbocycles. The van der Waals surface area contributed by atoms with Gasteiger partial charge in [0.25, 0.3) is 5.69 Å². The van der Waals surface area contributed by atoms with E-state index >= 15 is 0 Å². The minimum absolute atomic E-state index is 0.189. The number of nitro groups is 1. The van der Waals surface area contributed by atoms with Crippen LogP contribution < -0.4 is 9.47 Å². The first kappa shape index (κ1) is 36.7. The molecule has 6 rings (SSSR count). The third-order valence-electron chi connectivity index (χ3n) is 7.76. The van der Waals surface area contributed by atoms with Crippen molar-refractivity contribution in [2.24, 2.45) is 0 Å². The van der Waals surface area contributed by atoms with Crippen molar-refractivity contribution in [2.75, 3.05) is 6.61 Å². The maximum Gasteiger partial charge on any atom is 0.320 e. The molecule has 0 amide bonds. The van der Waals surface area contributed by atoms with Crippen molar-refractivity contribution in [1.29, 1.82) is 0 Å². The molecular formula is C36H31N3O13S. The fourth-order valence-corrected chi connectivity index (χ4v) is 6.62. The Kier molecular flexibility index (Phi) is 10.9. The summed E-state index contributed by atoms with van der Waals surface area (Å²) in [5, 5.41) is 11.7. The lowest BCUT2D eigenvalue weighted by molar-refractivity contribution is -0.384. The number of nitrogens with zero attached hydrogens (tertiary/aromatic N) is 3. The summed E-state index contributed by atoms with van der Waals surface area (Å²) in [5.74, 6) is -1.79. The number of hydrogen-bond acceptors (Lipinski definition) is 16. The largest absolute Gasteiger partial charge is 0.463 e. The van der Waals surface area contributed by atoms with Gasteiger partial charge in [-0.15, -0.1) is 0 Å². The SMILES string of the molecule is CC(=O)OC[C@H]1O[C@@H](Oc2nc(-c3cccc([N+](=O)[O-])c3)cc(-c3ccc4c(c3)Sc3ccccc3O4)n2)[C@H](OC(C)=O)[C@@H](OC(C)=O)[C@@H]1OC(C)=O. The minimum Gasteiger partial charge on any atom is -0.463 e. The Hall–Kier alpha value is -6.07. The summed E-state index contributed by atoms with van der Waals surface area (Å²) in [4.78, 5) is 70.6. The van der Waals surface area contributed by atoms with Crippen molar-refractivity contribution in [3.8, 4) is 40.0 Å². The van der Waals surface area contributed by atoms with Crippen molar-refractivity contribution < 1.29 is 57.3 Å². The van der Waals surface area contributed by atoms with Gasteiger partial charge in [0.05, 0.1) is 26.1 Å². The minimum atomic E-state index is -1.63. The quantitative estimate of drug-likeness (QED) is 0.0756. The Morgan fingerprint density at radius 2 is 1.38 bits per heavy atom. The van der Waals surface area contributed by atoms with Crippen LogP contribution in [0.4, 0.5) is 5.69 Å². The number of carbonyl (C=O) groups excluding carboxylic acids is 4. The topological polar surface area (TPSA) is 202 Å². The second-order valence-corrected chi connectivity index (χ2v) is 12.8. The third-order valence-corrected chi connectivity index (χ3v) is 8.85. The van der Waals surface area contributed by atoms with Crippen LogP contribution in [0.2, 0.25) is 0 Å². The van der Waals surface area contributed by atoms with Gasteiger partial charge in [0.1, 0.15) is 24.2 Å². The number of nitro benzene ring substituents is 1. The molecule has 3 heterocycles. The number of para-hydroxylation sites is 1. The normalized spacial score (nSPS) is 20.0. The molecule has 274 valence electrons. The highest BCUT2D eigenvalue weighted by molar-refractivity contribution is 7.99. The molecule has 1 aromatic heterocycles. The lowest BCUT2D eigenvalue weighted by Gasteiger charge is -2.43. The van der Waals surface area contributed by atoms with Crippen molar-refractivity contribution >= 4 is 41.3 Å². The van der Waals surface area contributed by atoms with Gasteiger partial charge in [-0.05, 0) is 36.4 Å². The summed E-state index contributed by atoms with van der Waals surface area (Å²) >= 11 is 1.50. The van der Waals surface area contributed by atoms with Crippen LogP contribution in [-0.2, 0) is 42.9 Å². The summed E-state index contributed by atoms with van der Waals surface area (Å²) in [6, 6.07) is 20.0. The van der Waals surface area contributed by atoms with E-state index in [0.29, 0.717) is 28.3 Å². The molecule has 16 nitrogen and oxygen atoms in total. The molecule has 0 unspecified atom stereocenters. The summed E-state index contributed by atoms with van der Waals surface area (Å²) in [6.07, 6.45) is -7.38. The third kappa shape index (κ3) is 8.70. The number of esters is 4. The molecule has 2 aliphatic rings. The Bertz CT molecular complexity index is 2090. The highest BCUT2D eigenvalue weighted by Crippen LogP contribution is 2.48. The molecule has 1 fully saturated rings. The zero-order chi connectivity index (χ0) is 37.8. The summed E-state index contributed by atoms with van der Waals surface area (Å²) in [7, 11) is 0. The molecule has 0 spiro atoms. The molecule has 0 aliphatic carbocycles. The van der Waals surface area contributed by atoms with Crippen LogP contribution in [0.3, 0.4) is 0 Å². The van der Waals surface area contributed by atoms with E-state index in [0.717, 1.165) is 37.5 Å². The molecule has 5 atom stereocenters. The van der Waals surface area contributed by atoms with Crippen LogP contribution >= 0.6 is 11.8 Å². The van der Waals surface area contributed by atoms with Crippen molar-refractivity contribution in [1.82, 2.24) is 9.97 Å². The molecule has 1 saturated heterocycles. The first-order valence-corrected chi connectivity index (χ1v) is 16.9. The molecule has 4 aromatic rings. The van der Waals surface area contributed by atoms with Gasteiger partial charge in [0.2, 0.25) is 12.4 Å². The van der Waals surface area contributed by atoms with Gasteiger partial charge in [-0.2, -0.15) is 9.97 Å². The first-order valence-electron chi connectivity index (χ1n) is 16.0. The Balaban J connectivity index is 1.44. The van der Waals surface area contributed by atoms with Crippen LogP contribution in [0.25, 0.3) is 22.5 Å². The molecule has 3 aromatic carbocycles. The number of rotatable bonds is 10. The monoisotopic (exact) mass is 745 g/mol. The molecule has 0 N–H and O–H groups in total. The number of ether oxygens (including phenoxy) is 7. The second-order valence-electron chi connectivity index (χ2n) is 11.7. The average Bonchev–Trinajstić information content (AvgIpc) is 3.11. The lowest BCUT2D eigenvalue weighted by atomic mass is 9.98. The standard InChI is InChI=1S/C36H31N3O13S/c1-18(40)46-17-29-32(47-19(2)41)33(48-20(3)42)34(49-21(4)43)35(51-29)52-36-37-25(22-8-7-9-24(14-22)39(44)45)16-26(38-36)23-12-13-28-31(15-23)53-30-11-6-5-10-27(30)50-28/h5-16,29,32-35H,17H2,1-4H3/t29-,32-,33+,34-,35+/m1/s1. The molecular weight excluding hydrogens is 714 g/mol.